The Kier molecular flexibility index (Phi) is 3.81. The first-order valence-corrected chi connectivity index (χ1v) is 4.92. The Bertz CT molecular complexity index is 293. The third-order valence-electron chi connectivity index (χ3n) is 1.32. The second-order valence-corrected chi connectivity index (χ2v) is 3.86. The van der Waals surface area contributed by atoms with Gasteiger partial charge in [0.2, 0.25) is 6.43 Å². The molecule has 1 aromatic rings. The number of nitrogen functional groups attached to an aromatic ring is 1. The van der Waals surface area contributed by atoms with Gasteiger partial charge in [-0.1, -0.05) is 11.6 Å². The molecule has 0 aliphatic carbocycles. The van der Waals surface area contributed by atoms with Crippen molar-refractivity contribution in [1.82, 2.24) is 0 Å². The maximum atomic E-state index is 11.8. The lowest BCUT2D eigenvalue weighted by Gasteiger charge is -2.03. The van der Waals surface area contributed by atoms with Crippen molar-refractivity contribution in [2.45, 2.75) is 11.3 Å². The quantitative estimate of drug-likeness (QED) is 0.629. The summed E-state index contributed by atoms with van der Waals surface area (Å²) in [6, 6.07) is 4.83. The molecule has 0 radical (unpaired) electrons. The van der Waals surface area contributed by atoms with Crippen molar-refractivity contribution in [2.75, 3.05) is 11.5 Å². The molecule has 0 bridgehead atoms. The number of thioether (sulfide) groups is 1. The normalized spacial score (nSPS) is 10.8. The zero-order valence-electron chi connectivity index (χ0n) is 6.64. The highest BCUT2D eigenvalue weighted by Crippen LogP contribution is 2.29. The Labute approximate surface area is 84.3 Å². The van der Waals surface area contributed by atoms with Crippen molar-refractivity contribution < 1.29 is 8.78 Å². The molecule has 0 spiro atoms. The predicted octanol–water partition coefficient (Wildman–Crippen LogP) is 3.28. The first kappa shape index (κ1) is 10.6. The highest BCUT2D eigenvalue weighted by molar-refractivity contribution is 7.99. The van der Waals surface area contributed by atoms with E-state index in [1.54, 1.807) is 18.2 Å². The Balaban J connectivity index is 2.67. The van der Waals surface area contributed by atoms with Gasteiger partial charge in [-0.2, -0.15) is 0 Å². The van der Waals surface area contributed by atoms with Crippen LogP contribution in [0.5, 0.6) is 0 Å². The van der Waals surface area contributed by atoms with E-state index in [1.807, 2.05) is 0 Å². The monoisotopic (exact) mass is 223 g/mol. The van der Waals surface area contributed by atoms with Crippen LogP contribution in [-0.2, 0) is 0 Å². The average Bonchev–Trinajstić information content (AvgIpc) is 2.02. The second-order valence-electron chi connectivity index (χ2n) is 2.39. The van der Waals surface area contributed by atoms with Crippen LogP contribution in [0.3, 0.4) is 0 Å². The van der Waals surface area contributed by atoms with Crippen LogP contribution in [0.4, 0.5) is 14.5 Å². The van der Waals surface area contributed by atoms with Gasteiger partial charge in [0.15, 0.2) is 0 Å². The maximum absolute atomic E-state index is 11.8. The fourth-order valence-corrected chi connectivity index (χ4v) is 1.81. The number of rotatable bonds is 3. The molecule has 1 aromatic carbocycles. The van der Waals surface area contributed by atoms with Gasteiger partial charge in [0.1, 0.15) is 0 Å². The smallest absolute Gasteiger partial charge is 0.247 e. The molecule has 0 amide bonds. The highest BCUT2D eigenvalue weighted by Gasteiger charge is 2.06. The molecular weight excluding hydrogens is 216 g/mol. The molecule has 0 atom stereocenters. The first-order chi connectivity index (χ1) is 6.09. The molecule has 0 fully saturated rings. The number of nitrogens with two attached hydrogens (primary N) is 1. The van der Waals surface area contributed by atoms with E-state index < -0.39 is 6.43 Å². The van der Waals surface area contributed by atoms with Gasteiger partial charge in [-0.25, -0.2) is 8.78 Å². The molecule has 0 aliphatic rings. The Hall–Kier alpha value is -0.480. The van der Waals surface area contributed by atoms with Crippen LogP contribution < -0.4 is 5.73 Å². The van der Waals surface area contributed by atoms with Gasteiger partial charge >= 0.3 is 0 Å². The lowest BCUT2D eigenvalue weighted by Crippen LogP contribution is -1.93. The standard InChI is InChI=1S/C8H8ClF2NS/c9-6-3-5(12)1-2-7(6)13-4-8(10)11/h1-3,8H,4,12H2. The summed E-state index contributed by atoms with van der Waals surface area (Å²) < 4.78 is 23.7. The summed E-state index contributed by atoms with van der Waals surface area (Å²) in [6.07, 6.45) is -2.32. The van der Waals surface area contributed by atoms with E-state index in [-0.39, 0.29) is 5.75 Å². The third-order valence-corrected chi connectivity index (χ3v) is 2.83. The van der Waals surface area contributed by atoms with Crippen molar-refractivity contribution in [2.24, 2.45) is 0 Å². The largest absolute Gasteiger partial charge is 0.399 e. The van der Waals surface area contributed by atoms with E-state index in [0.29, 0.717) is 15.6 Å². The number of anilines is 1. The van der Waals surface area contributed by atoms with Crippen LogP contribution in [0.1, 0.15) is 0 Å². The van der Waals surface area contributed by atoms with Gasteiger partial charge in [0.25, 0.3) is 0 Å². The molecule has 13 heavy (non-hydrogen) atoms. The summed E-state index contributed by atoms with van der Waals surface area (Å²) >= 11 is 6.79. The summed E-state index contributed by atoms with van der Waals surface area (Å²) in [5.74, 6) is -0.246. The average molecular weight is 224 g/mol. The fraction of sp³-hybridized carbons (Fsp3) is 0.250. The molecule has 5 heteroatoms. The highest BCUT2D eigenvalue weighted by atomic mass is 35.5. The van der Waals surface area contributed by atoms with Crippen LogP contribution in [-0.4, -0.2) is 12.2 Å². The molecule has 0 heterocycles. The van der Waals surface area contributed by atoms with Gasteiger partial charge < -0.3 is 5.73 Å². The molecule has 0 saturated heterocycles. The molecule has 2 N–H and O–H groups in total. The summed E-state index contributed by atoms with van der Waals surface area (Å²) in [6.45, 7) is 0. The molecule has 1 nitrogen and oxygen atoms in total. The Morgan fingerprint density at radius 3 is 2.69 bits per heavy atom. The summed E-state index contributed by atoms with van der Waals surface area (Å²) in [5.41, 5.74) is 5.98. The molecule has 0 saturated carbocycles. The molecule has 72 valence electrons. The minimum absolute atomic E-state index is 0.246. The SMILES string of the molecule is Nc1ccc(SCC(F)F)c(Cl)c1. The lowest BCUT2D eigenvalue weighted by molar-refractivity contribution is 0.177. The lowest BCUT2D eigenvalue weighted by atomic mass is 10.3. The number of alkyl halides is 2. The van der Waals surface area contributed by atoms with Crippen LogP contribution >= 0.6 is 23.4 Å². The van der Waals surface area contributed by atoms with E-state index in [2.05, 4.69) is 0 Å². The number of hydrogen-bond donors (Lipinski definition) is 1. The van der Waals surface area contributed by atoms with Crippen LogP contribution in [0, 0.1) is 0 Å². The number of benzene rings is 1. The zero-order valence-corrected chi connectivity index (χ0v) is 8.21. The molecule has 0 unspecified atom stereocenters. The van der Waals surface area contributed by atoms with Crippen molar-refractivity contribution in [3.05, 3.63) is 23.2 Å². The topological polar surface area (TPSA) is 26.0 Å². The van der Waals surface area contributed by atoms with E-state index in [4.69, 9.17) is 17.3 Å². The van der Waals surface area contributed by atoms with Gasteiger partial charge in [-0.05, 0) is 18.2 Å². The Morgan fingerprint density at radius 2 is 2.15 bits per heavy atom. The molecule has 0 aromatic heterocycles. The van der Waals surface area contributed by atoms with Crippen molar-refractivity contribution in [3.8, 4) is 0 Å². The Morgan fingerprint density at radius 1 is 1.46 bits per heavy atom. The number of halogens is 3. The fourth-order valence-electron chi connectivity index (χ4n) is 0.787. The van der Waals surface area contributed by atoms with Crippen LogP contribution in [0.15, 0.2) is 23.1 Å². The van der Waals surface area contributed by atoms with E-state index in [9.17, 15) is 8.78 Å². The van der Waals surface area contributed by atoms with Crippen LogP contribution in [0.2, 0.25) is 5.02 Å². The number of hydrogen-bond acceptors (Lipinski definition) is 2. The molecule has 1 rings (SSSR count). The summed E-state index contributed by atoms with van der Waals surface area (Å²) in [7, 11) is 0. The first-order valence-electron chi connectivity index (χ1n) is 3.55. The summed E-state index contributed by atoms with van der Waals surface area (Å²) in [4.78, 5) is 0.635. The van der Waals surface area contributed by atoms with E-state index >= 15 is 0 Å². The van der Waals surface area contributed by atoms with Crippen molar-refractivity contribution >= 4 is 29.1 Å². The zero-order chi connectivity index (χ0) is 9.84. The van der Waals surface area contributed by atoms with E-state index in [0.717, 1.165) is 11.8 Å². The summed E-state index contributed by atoms with van der Waals surface area (Å²) in [5, 5.41) is 0.422. The van der Waals surface area contributed by atoms with Gasteiger partial charge in [-0.15, -0.1) is 11.8 Å². The predicted molar refractivity (Wildman–Crippen MR) is 52.6 cm³/mol. The van der Waals surface area contributed by atoms with Crippen molar-refractivity contribution in [3.63, 3.8) is 0 Å². The maximum Gasteiger partial charge on any atom is 0.247 e. The molecule has 0 aliphatic heterocycles. The third kappa shape index (κ3) is 3.40. The molecular formula is C8H8ClF2NS. The minimum atomic E-state index is -2.32. The second kappa shape index (κ2) is 4.67. The minimum Gasteiger partial charge on any atom is -0.399 e. The van der Waals surface area contributed by atoms with Gasteiger partial charge in [-0.3, -0.25) is 0 Å². The van der Waals surface area contributed by atoms with Gasteiger partial charge in [0, 0.05) is 10.6 Å². The van der Waals surface area contributed by atoms with Crippen LogP contribution in [0.25, 0.3) is 0 Å². The van der Waals surface area contributed by atoms with E-state index in [1.165, 1.54) is 0 Å². The van der Waals surface area contributed by atoms with Crippen molar-refractivity contribution in [1.29, 1.82) is 0 Å². The van der Waals surface area contributed by atoms with Gasteiger partial charge in [0.05, 0.1) is 10.8 Å².